The van der Waals surface area contributed by atoms with Gasteiger partial charge in [0.1, 0.15) is 5.75 Å². The van der Waals surface area contributed by atoms with Gasteiger partial charge in [0.05, 0.1) is 6.61 Å². The second-order valence-corrected chi connectivity index (χ2v) is 10.4. The number of unbranched alkanes of at least 4 members (excludes halogenated alkanes) is 15. The lowest BCUT2D eigenvalue weighted by atomic mass is 10.0. The van der Waals surface area contributed by atoms with Crippen LogP contribution in [0, 0.1) is 0 Å². The number of nitrogens with one attached hydrogen (secondary N) is 1. The van der Waals surface area contributed by atoms with Crippen LogP contribution in [0.4, 0.5) is 0 Å². The lowest BCUT2D eigenvalue weighted by Gasteiger charge is -2.10. The smallest absolute Gasteiger partial charge is 0.119 e. The quantitative estimate of drug-likeness (QED) is 0.182. The van der Waals surface area contributed by atoms with E-state index in [2.05, 4.69) is 42.4 Å². The predicted octanol–water partition coefficient (Wildman–Crippen LogP) is 10.4. The SMILES string of the molecule is C=C(NCCCCCCCCCCCCCCCCCC)c1csc2ccc(OCC)cc12.[HH]. The third-order valence-electron chi connectivity index (χ3n) is 6.55. The van der Waals surface area contributed by atoms with Gasteiger partial charge in [-0.2, -0.15) is 0 Å². The number of hydrogen-bond acceptors (Lipinski definition) is 3. The molecule has 1 aromatic heterocycles. The van der Waals surface area contributed by atoms with Gasteiger partial charge < -0.3 is 10.1 Å². The van der Waals surface area contributed by atoms with Gasteiger partial charge >= 0.3 is 0 Å². The number of rotatable bonds is 21. The minimum atomic E-state index is 0. The molecule has 1 N–H and O–H groups in total. The molecule has 0 bridgehead atoms. The fourth-order valence-electron chi connectivity index (χ4n) is 4.51. The van der Waals surface area contributed by atoms with Crippen molar-refractivity contribution in [2.45, 2.75) is 117 Å². The average molecular weight is 474 g/mol. The molecule has 0 saturated heterocycles. The van der Waals surface area contributed by atoms with E-state index >= 15 is 0 Å². The summed E-state index contributed by atoms with van der Waals surface area (Å²) in [6.07, 6.45) is 22.6. The van der Waals surface area contributed by atoms with Crippen LogP contribution in [0.25, 0.3) is 15.8 Å². The highest BCUT2D eigenvalue weighted by molar-refractivity contribution is 7.17. The van der Waals surface area contributed by atoms with Crippen LogP contribution >= 0.6 is 11.3 Å². The first-order valence-electron chi connectivity index (χ1n) is 13.8. The van der Waals surface area contributed by atoms with Gasteiger partial charge in [0.15, 0.2) is 0 Å². The normalized spacial score (nSPS) is 11.2. The Hall–Kier alpha value is -1.48. The van der Waals surface area contributed by atoms with Crippen LogP contribution in [0.5, 0.6) is 5.75 Å². The molecule has 0 atom stereocenters. The first-order valence-corrected chi connectivity index (χ1v) is 14.7. The minimum Gasteiger partial charge on any atom is -0.494 e. The zero-order valence-electron chi connectivity index (χ0n) is 21.6. The van der Waals surface area contributed by atoms with Crippen molar-refractivity contribution in [3.63, 3.8) is 0 Å². The fraction of sp³-hybridized carbons (Fsp3) is 0.667. The third-order valence-corrected chi connectivity index (χ3v) is 7.51. The summed E-state index contributed by atoms with van der Waals surface area (Å²) in [4.78, 5) is 0. The molecule has 2 aromatic rings. The minimum absolute atomic E-state index is 0. The number of ether oxygens (including phenoxy) is 1. The molecule has 188 valence electrons. The summed E-state index contributed by atoms with van der Waals surface area (Å²) in [7, 11) is 0. The highest BCUT2D eigenvalue weighted by atomic mass is 32.1. The van der Waals surface area contributed by atoms with Crippen LogP contribution in [0.1, 0.15) is 124 Å². The summed E-state index contributed by atoms with van der Waals surface area (Å²) in [5.74, 6) is 0.940. The Morgan fingerprint density at radius 3 is 1.91 bits per heavy atom. The average Bonchev–Trinajstić information content (AvgIpc) is 3.24. The van der Waals surface area contributed by atoms with Crippen molar-refractivity contribution < 1.29 is 6.16 Å². The van der Waals surface area contributed by atoms with Crippen LogP contribution in [-0.4, -0.2) is 13.2 Å². The first-order chi connectivity index (χ1) is 16.3. The molecule has 2 nitrogen and oxygen atoms in total. The van der Waals surface area contributed by atoms with Gasteiger partial charge in [0.2, 0.25) is 0 Å². The van der Waals surface area contributed by atoms with Gasteiger partial charge in [-0.15, -0.1) is 11.3 Å². The number of hydrogen-bond donors (Lipinski definition) is 1. The Bertz CT molecular complexity index is 772. The van der Waals surface area contributed by atoms with Gasteiger partial charge in [0, 0.05) is 34.7 Å². The molecule has 0 aliphatic carbocycles. The Kier molecular flexibility index (Phi) is 15.1. The molecule has 0 aliphatic heterocycles. The van der Waals surface area contributed by atoms with Crippen molar-refractivity contribution in [3.8, 4) is 5.75 Å². The summed E-state index contributed by atoms with van der Waals surface area (Å²) in [5.41, 5.74) is 2.25. The Balaban J connectivity index is 0.00000578. The van der Waals surface area contributed by atoms with Gasteiger partial charge in [-0.3, -0.25) is 0 Å². The van der Waals surface area contributed by atoms with Crippen LogP contribution in [0.15, 0.2) is 30.2 Å². The van der Waals surface area contributed by atoms with Gasteiger partial charge in [0.25, 0.3) is 0 Å². The zero-order valence-corrected chi connectivity index (χ0v) is 22.4. The van der Waals surface area contributed by atoms with Crippen LogP contribution in [0.3, 0.4) is 0 Å². The molecule has 33 heavy (non-hydrogen) atoms. The summed E-state index contributed by atoms with van der Waals surface area (Å²) >= 11 is 1.78. The van der Waals surface area contributed by atoms with E-state index in [1.54, 1.807) is 11.3 Å². The van der Waals surface area contributed by atoms with E-state index in [0.717, 1.165) is 18.0 Å². The van der Waals surface area contributed by atoms with Crippen molar-refractivity contribution in [1.29, 1.82) is 0 Å². The summed E-state index contributed by atoms with van der Waals surface area (Å²) in [6.45, 7) is 10.3. The van der Waals surface area contributed by atoms with Crippen molar-refractivity contribution in [2.75, 3.05) is 13.2 Å². The maximum Gasteiger partial charge on any atom is 0.119 e. The standard InChI is InChI=1S/C30H49NOS.H2/c1-4-6-7-8-9-10-11-12-13-14-15-16-17-18-19-20-23-31-26(3)29-25-33-30-22-21-27(32-5-2)24-28(29)30;/h21-22,24-25,31H,3-20,23H2,1-2H3;1H. The van der Waals surface area contributed by atoms with E-state index in [4.69, 9.17) is 4.74 Å². The van der Waals surface area contributed by atoms with Crippen LogP contribution < -0.4 is 10.1 Å². The van der Waals surface area contributed by atoms with Gasteiger partial charge in [-0.05, 0) is 31.5 Å². The molecule has 2 rings (SSSR count). The van der Waals surface area contributed by atoms with E-state index in [-0.39, 0.29) is 1.43 Å². The van der Waals surface area contributed by atoms with Crippen molar-refractivity contribution >= 4 is 27.1 Å². The molecule has 0 radical (unpaired) electrons. The molecule has 1 aromatic carbocycles. The number of benzene rings is 1. The lowest BCUT2D eigenvalue weighted by Crippen LogP contribution is -2.12. The van der Waals surface area contributed by atoms with Crippen LogP contribution in [-0.2, 0) is 0 Å². The van der Waals surface area contributed by atoms with E-state index < -0.39 is 0 Å². The third kappa shape index (κ3) is 11.5. The molecule has 0 unspecified atom stereocenters. The Morgan fingerprint density at radius 1 is 0.818 bits per heavy atom. The Morgan fingerprint density at radius 2 is 1.36 bits per heavy atom. The van der Waals surface area contributed by atoms with E-state index in [1.165, 1.54) is 118 Å². The summed E-state index contributed by atoms with van der Waals surface area (Å²) < 4.78 is 6.96. The van der Waals surface area contributed by atoms with Gasteiger partial charge in [-0.25, -0.2) is 0 Å². The molecule has 0 amide bonds. The molecule has 0 aliphatic rings. The second kappa shape index (κ2) is 17.9. The first kappa shape index (κ1) is 27.8. The monoisotopic (exact) mass is 473 g/mol. The van der Waals surface area contributed by atoms with Crippen molar-refractivity contribution in [1.82, 2.24) is 5.32 Å². The molecular formula is C30H51NOS. The fourth-order valence-corrected chi connectivity index (χ4v) is 5.46. The molecule has 1 heterocycles. The highest BCUT2D eigenvalue weighted by Crippen LogP contribution is 2.32. The molecule has 0 saturated carbocycles. The van der Waals surface area contributed by atoms with Gasteiger partial charge in [-0.1, -0.05) is 110 Å². The van der Waals surface area contributed by atoms with E-state index in [1.807, 2.05) is 6.92 Å². The van der Waals surface area contributed by atoms with Crippen LogP contribution in [0.2, 0.25) is 0 Å². The molecule has 3 heteroatoms. The van der Waals surface area contributed by atoms with Crippen molar-refractivity contribution in [2.24, 2.45) is 0 Å². The summed E-state index contributed by atoms with van der Waals surface area (Å²) in [5, 5.41) is 7.01. The summed E-state index contributed by atoms with van der Waals surface area (Å²) in [6, 6.07) is 6.35. The largest absolute Gasteiger partial charge is 0.494 e. The predicted molar refractivity (Wildman–Crippen MR) is 152 cm³/mol. The maximum absolute atomic E-state index is 5.67. The lowest BCUT2D eigenvalue weighted by molar-refractivity contribution is 0.341. The van der Waals surface area contributed by atoms with E-state index in [9.17, 15) is 0 Å². The number of thiophene rings is 1. The maximum atomic E-state index is 5.67. The van der Waals surface area contributed by atoms with Crippen molar-refractivity contribution in [3.05, 3.63) is 35.7 Å². The highest BCUT2D eigenvalue weighted by Gasteiger charge is 2.08. The molecule has 0 spiro atoms. The second-order valence-electron chi connectivity index (χ2n) is 9.45. The number of fused-ring (bicyclic) bond motifs is 1. The molecular weight excluding hydrogens is 422 g/mol. The zero-order chi connectivity index (χ0) is 23.6. The molecule has 0 fully saturated rings. The Labute approximate surface area is 209 Å². The topological polar surface area (TPSA) is 21.3 Å². The van der Waals surface area contributed by atoms with E-state index in [0.29, 0.717) is 6.61 Å².